The fraction of sp³-hybridized carbons (Fsp3) is 0.333. The lowest BCUT2D eigenvalue weighted by Crippen LogP contribution is -2.49. The number of carbonyl (C=O) groups is 2. The molecule has 0 aromatic heterocycles. The Morgan fingerprint density at radius 3 is 2.36 bits per heavy atom. The molecule has 0 bridgehead atoms. The third-order valence-electron chi connectivity index (χ3n) is 4.73. The van der Waals surface area contributed by atoms with Crippen molar-refractivity contribution in [3.8, 4) is 0 Å². The van der Waals surface area contributed by atoms with Crippen molar-refractivity contribution in [3.05, 3.63) is 57.0 Å². The molecule has 1 amide bonds. The largest absolute Gasteiger partial charge is 0.452 e. The zero-order valence-corrected chi connectivity index (χ0v) is 20.8. The van der Waals surface area contributed by atoms with Crippen LogP contribution < -0.4 is 4.72 Å². The zero-order chi connectivity index (χ0) is 24.3. The molecule has 1 aliphatic heterocycles. The van der Waals surface area contributed by atoms with Crippen molar-refractivity contribution in [2.45, 2.75) is 31.0 Å². The maximum Gasteiger partial charge on any atom is 0.338 e. The van der Waals surface area contributed by atoms with Crippen molar-refractivity contribution in [2.24, 2.45) is 0 Å². The third-order valence-corrected chi connectivity index (χ3v) is 7.14. The van der Waals surface area contributed by atoms with E-state index in [0.717, 1.165) is 6.07 Å². The molecule has 2 aromatic rings. The summed E-state index contributed by atoms with van der Waals surface area (Å²) >= 11 is 18.0. The number of nitrogens with one attached hydrogen (secondary N) is 1. The van der Waals surface area contributed by atoms with E-state index >= 15 is 0 Å². The van der Waals surface area contributed by atoms with Gasteiger partial charge in [-0.1, -0.05) is 34.8 Å². The van der Waals surface area contributed by atoms with Crippen LogP contribution in [0.15, 0.2) is 41.3 Å². The maximum absolute atomic E-state index is 12.9. The summed E-state index contributed by atoms with van der Waals surface area (Å²) in [5, 5.41) is 0.277. The number of benzene rings is 2. The van der Waals surface area contributed by atoms with Crippen LogP contribution in [0.2, 0.25) is 15.1 Å². The summed E-state index contributed by atoms with van der Waals surface area (Å²) in [6.07, 6.45) is -0.254. The molecule has 8 nitrogen and oxygen atoms in total. The van der Waals surface area contributed by atoms with Crippen LogP contribution >= 0.6 is 34.8 Å². The van der Waals surface area contributed by atoms with E-state index in [1.54, 1.807) is 4.90 Å². The summed E-state index contributed by atoms with van der Waals surface area (Å²) in [6.45, 7) is 3.99. The van der Waals surface area contributed by atoms with Gasteiger partial charge in [-0.3, -0.25) is 9.52 Å². The summed E-state index contributed by atoms with van der Waals surface area (Å²) < 4.78 is 38.7. The molecule has 1 heterocycles. The number of amides is 1. The van der Waals surface area contributed by atoms with E-state index in [4.69, 9.17) is 44.3 Å². The Hall–Kier alpha value is -2.04. The van der Waals surface area contributed by atoms with Crippen LogP contribution in [0.1, 0.15) is 24.2 Å². The Labute approximate surface area is 206 Å². The minimum absolute atomic E-state index is 0.0489. The first kappa shape index (κ1) is 25.6. The van der Waals surface area contributed by atoms with Gasteiger partial charge in [-0.2, -0.15) is 0 Å². The first-order valence-corrected chi connectivity index (χ1v) is 12.5. The van der Waals surface area contributed by atoms with Crippen molar-refractivity contribution in [1.82, 2.24) is 4.90 Å². The molecule has 1 N–H and O–H groups in total. The van der Waals surface area contributed by atoms with E-state index in [9.17, 15) is 18.0 Å². The standard InChI is InChI=1S/C21H21Cl3N2O6S/c1-12-9-26(10-13(2)32-12)20(27)11-31-21(28)14-3-5-17(24)19(7-14)33(29,30)25-18-8-15(22)4-6-16(18)23/h3-8,12-13,25H,9-11H2,1-2H3. The summed E-state index contributed by atoms with van der Waals surface area (Å²) in [5.41, 5.74) is -0.0405. The summed E-state index contributed by atoms with van der Waals surface area (Å²) in [7, 11) is -4.22. The monoisotopic (exact) mass is 534 g/mol. The van der Waals surface area contributed by atoms with Gasteiger partial charge in [-0.05, 0) is 50.2 Å². The molecule has 2 atom stereocenters. The fourth-order valence-corrected chi connectivity index (χ4v) is 5.29. The molecule has 1 fully saturated rings. The maximum atomic E-state index is 12.9. The molecular weight excluding hydrogens is 515 g/mol. The van der Waals surface area contributed by atoms with Crippen molar-refractivity contribution in [3.63, 3.8) is 0 Å². The van der Waals surface area contributed by atoms with Gasteiger partial charge in [0.2, 0.25) is 0 Å². The predicted molar refractivity (Wildman–Crippen MR) is 126 cm³/mol. The van der Waals surface area contributed by atoms with Gasteiger partial charge in [-0.25, -0.2) is 13.2 Å². The lowest BCUT2D eigenvalue weighted by atomic mass is 10.2. The van der Waals surface area contributed by atoms with E-state index in [1.165, 1.54) is 30.3 Å². The predicted octanol–water partition coefficient (Wildman–Crippen LogP) is 4.24. The number of carbonyl (C=O) groups excluding carboxylic acids is 2. The highest BCUT2D eigenvalue weighted by Crippen LogP contribution is 2.30. The molecule has 0 spiro atoms. The Kier molecular flexibility index (Phi) is 8.13. The van der Waals surface area contributed by atoms with Gasteiger partial charge in [0.05, 0.1) is 33.5 Å². The van der Waals surface area contributed by atoms with E-state index in [2.05, 4.69) is 4.72 Å². The molecule has 3 rings (SSSR count). The zero-order valence-electron chi connectivity index (χ0n) is 17.7. The van der Waals surface area contributed by atoms with Gasteiger partial charge < -0.3 is 14.4 Å². The molecule has 1 saturated heterocycles. The van der Waals surface area contributed by atoms with Crippen LogP contribution in [0.5, 0.6) is 0 Å². The molecule has 2 unspecified atom stereocenters. The molecule has 178 valence electrons. The average Bonchev–Trinajstić information content (AvgIpc) is 2.73. The van der Waals surface area contributed by atoms with Crippen LogP contribution in [0.4, 0.5) is 5.69 Å². The van der Waals surface area contributed by atoms with Gasteiger partial charge in [0.25, 0.3) is 15.9 Å². The number of halogens is 3. The molecular formula is C21H21Cl3N2O6S. The molecule has 0 aliphatic carbocycles. The van der Waals surface area contributed by atoms with Crippen LogP contribution in [-0.2, 0) is 24.3 Å². The topological polar surface area (TPSA) is 102 Å². The number of rotatable bonds is 6. The number of ether oxygens (including phenoxy) is 2. The minimum Gasteiger partial charge on any atom is -0.452 e. The molecule has 2 aromatic carbocycles. The Morgan fingerprint density at radius 2 is 1.70 bits per heavy atom. The van der Waals surface area contributed by atoms with Crippen molar-refractivity contribution < 1.29 is 27.5 Å². The van der Waals surface area contributed by atoms with Crippen molar-refractivity contribution in [2.75, 3.05) is 24.4 Å². The summed E-state index contributed by atoms with van der Waals surface area (Å²) in [5.74, 6) is -1.24. The van der Waals surface area contributed by atoms with E-state index in [0.29, 0.717) is 13.1 Å². The highest BCUT2D eigenvalue weighted by Gasteiger charge is 2.27. The second-order valence-corrected chi connectivity index (χ2v) is 10.4. The second kappa shape index (κ2) is 10.5. The number of morpholine rings is 1. The second-order valence-electron chi connectivity index (χ2n) is 7.51. The smallest absolute Gasteiger partial charge is 0.338 e. The van der Waals surface area contributed by atoms with Crippen LogP contribution in [0.3, 0.4) is 0 Å². The normalized spacial score (nSPS) is 18.6. The first-order valence-electron chi connectivity index (χ1n) is 9.84. The number of sulfonamides is 1. The Morgan fingerprint density at radius 1 is 1.06 bits per heavy atom. The van der Waals surface area contributed by atoms with Crippen LogP contribution in [0, 0.1) is 0 Å². The molecule has 12 heteroatoms. The number of hydrogen-bond donors (Lipinski definition) is 1. The Bertz CT molecular complexity index is 1160. The molecule has 1 aliphatic rings. The van der Waals surface area contributed by atoms with Crippen molar-refractivity contribution >= 4 is 62.4 Å². The highest BCUT2D eigenvalue weighted by atomic mass is 35.5. The lowest BCUT2D eigenvalue weighted by molar-refractivity contribution is -0.146. The quantitative estimate of drug-likeness (QED) is 0.555. The molecule has 33 heavy (non-hydrogen) atoms. The highest BCUT2D eigenvalue weighted by molar-refractivity contribution is 7.92. The molecule has 0 radical (unpaired) electrons. The third kappa shape index (κ3) is 6.51. The Balaban J connectivity index is 1.73. The van der Waals surface area contributed by atoms with E-state index in [1.807, 2.05) is 13.8 Å². The SMILES string of the molecule is CC1CN(C(=O)COC(=O)c2ccc(Cl)c(S(=O)(=O)Nc3cc(Cl)ccc3Cl)c2)CC(C)O1. The van der Waals surface area contributed by atoms with Gasteiger partial charge in [0.1, 0.15) is 4.90 Å². The van der Waals surface area contributed by atoms with Gasteiger partial charge >= 0.3 is 5.97 Å². The van der Waals surface area contributed by atoms with Gasteiger partial charge in [-0.15, -0.1) is 0 Å². The van der Waals surface area contributed by atoms with Gasteiger partial charge in [0, 0.05) is 18.1 Å². The lowest BCUT2D eigenvalue weighted by Gasteiger charge is -2.35. The van der Waals surface area contributed by atoms with E-state index in [-0.39, 0.29) is 49.3 Å². The summed E-state index contributed by atoms with van der Waals surface area (Å²) in [4.78, 5) is 26.1. The minimum atomic E-state index is -4.22. The number of hydrogen-bond acceptors (Lipinski definition) is 6. The first-order chi connectivity index (χ1) is 15.5. The van der Waals surface area contributed by atoms with Crippen LogP contribution in [-0.4, -0.2) is 57.1 Å². The molecule has 0 saturated carbocycles. The van der Waals surface area contributed by atoms with Crippen molar-refractivity contribution in [1.29, 1.82) is 0 Å². The number of esters is 1. The summed E-state index contributed by atoms with van der Waals surface area (Å²) in [6, 6.07) is 7.90. The van der Waals surface area contributed by atoms with E-state index < -0.39 is 22.6 Å². The van der Waals surface area contributed by atoms with Crippen LogP contribution in [0.25, 0.3) is 0 Å². The van der Waals surface area contributed by atoms with Gasteiger partial charge in [0.15, 0.2) is 6.61 Å². The fourth-order valence-electron chi connectivity index (χ4n) is 3.30. The number of anilines is 1. The average molecular weight is 536 g/mol. The number of nitrogens with zero attached hydrogens (tertiary/aromatic N) is 1.